The van der Waals surface area contributed by atoms with Crippen LogP contribution in [0.5, 0.6) is 0 Å². The zero-order valence-electron chi connectivity index (χ0n) is 25.6. The smallest absolute Gasteiger partial charge is 0.130 e. The van der Waals surface area contributed by atoms with E-state index >= 15 is 4.39 Å². The van der Waals surface area contributed by atoms with Crippen molar-refractivity contribution in [1.29, 1.82) is 0 Å². The SMILES string of the molecule is CCCCCCC1CCC(C2CCC(c3ccc(C4=CCC(C5CCC(CC)CC5)CC4)c(F)c3)CC2)CC1. The molecule has 1 atom stereocenters. The lowest BCUT2D eigenvalue weighted by Gasteiger charge is -2.38. The van der Waals surface area contributed by atoms with Gasteiger partial charge in [0.25, 0.3) is 0 Å². The zero-order chi connectivity index (χ0) is 27.0. The standard InChI is InChI=1S/C38H59F/c1-3-5-6-7-8-29-11-15-31(16-12-29)32-17-19-34(20-18-32)36-25-26-37(38(39)27-36)35-23-21-33(22-24-35)30-13-9-28(4-2)10-14-30/h23,25-34H,3-22,24H2,1-2H3. The predicted molar refractivity (Wildman–Crippen MR) is 166 cm³/mol. The van der Waals surface area contributed by atoms with E-state index in [0.717, 1.165) is 47.5 Å². The van der Waals surface area contributed by atoms with E-state index in [2.05, 4.69) is 32.1 Å². The van der Waals surface area contributed by atoms with Crippen LogP contribution >= 0.6 is 0 Å². The maximum absolute atomic E-state index is 15.4. The molecule has 39 heavy (non-hydrogen) atoms. The number of hydrogen-bond acceptors (Lipinski definition) is 0. The third kappa shape index (κ3) is 7.80. The molecule has 218 valence electrons. The lowest BCUT2D eigenvalue weighted by atomic mass is 9.68. The third-order valence-electron chi connectivity index (χ3n) is 12.2. The van der Waals surface area contributed by atoms with Gasteiger partial charge in [0, 0.05) is 5.56 Å². The van der Waals surface area contributed by atoms with Crippen molar-refractivity contribution in [3.05, 3.63) is 41.2 Å². The first-order valence-corrected chi connectivity index (χ1v) is 17.6. The summed E-state index contributed by atoms with van der Waals surface area (Å²) in [5, 5.41) is 0. The molecule has 3 saturated carbocycles. The molecule has 0 bridgehead atoms. The second-order valence-corrected chi connectivity index (χ2v) is 14.4. The number of unbranched alkanes of at least 4 members (excludes halogenated alkanes) is 3. The lowest BCUT2D eigenvalue weighted by molar-refractivity contribution is 0.155. The molecule has 4 aliphatic carbocycles. The van der Waals surface area contributed by atoms with Crippen molar-refractivity contribution in [3.8, 4) is 0 Å². The molecule has 1 heteroatoms. The summed E-state index contributed by atoms with van der Waals surface area (Å²) in [5.74, 6) is 6.26. The van der Waals surface area contributed by atoms with Crippen LogP contribution in [0.25, 0.3) is 5.57 Å². The van der Waals surface area contributed by atoms with Crippen LogP contribution in [0.2, 0.25) is 0 Å². The minimum absolute atomic E-state index is 0.0417. The van der Waals surface area contributed by atoms with E-state index in [1.165, 1.54) is 140 Å². The second kappa shape index (κ2) is 14.7. The summed E-state index contributed by atoms with van der Waals surface area (Å²) in [4.78, 5) is 0. The summed E-state index contributed by atoms with van der Waals surface area (Å²) < 4.78 is 15.4. The molecule has 0 saturated heterocycles. The Kier molecular flexibility index (Phi) is 11.1. The first-order valence-electron chi connectivity index (χ1n) is 17.6. The Balaban J connectivity index is 1.07. The van der Waals surface area contributed by atoms with Crippen molar-refractivity contribution in [2.75, 3.05) is 0 Å². The minimum Gasteiger partial charge on any atom is -0.206 e. The van der Waals surface area contributed by atoms with Gasteiger partial charge in [-0.1, -0.05) is 96.3 Å². The maximum Gasteiger partial charge on any atom is 0.130 e. The molecule has 1 aromatic carbocycles. The number of benzene rings is 1. The maximum atomic E-state index is 15.4. The van der Waals surface area contributed by atoms with E-state index in [9.17, 15) is 0 Å². The second-order valence-electron chi connectivity index (χ2n) is 14.4. The van der Waals surface area contributed by atoms with Gasteiger partial charge in [-0.2, -0.15) is 0 Å². The first kappa shape index (κ1) is 29.4. The fourth-order valence-corrected chi connectivity index (χ4v) is 9.37. The molecular formula is C38H59F. The Labute approximate surface area is 241 Å². The van der Waals surface area contributed by atoms with Gasteiger partial charge in [-0.05, 0) is 129 Å². The average molecular weight is 535 g/mol. The van der Waals surface area contributed by atoms with Gasteiger partial charge in [0.2, 0.25) is 0 Å². The summed E-state index contributed by atoms with van der Waals surface area (Å²) in [5.41, 5.74) is 3.45. The third-order valence-corrected chi connectivity index (χ3v) is 12.2. The quantitative estimate of drug-likeness (QED) is 0.262. The van der Waals surface area contributed by atoms with E-state index < -0.39 is 0 Å². The van der Waals surface area contributed by atoms with Gasteiger partial charge in [-0.25, -0.2) is 4.39 Å². The van der Waals surface area contributed by atoms with Crippen molar-refractivity contribution in [2.45, 2.75) is 155 Å². The molecular weight excluding hydrogens is 475 g/mol. The highest BCUT2D eigenvalue weighted by Gasteiger charge is 2.32. The van der Waals surface area contributed by atoms with Gasteiger partial charge in [-0.15, -0.1) is 0 Å². The van der Waals surface area contributed by atoms with Crippen molar-refractivity contribution >= 4 is 5.57 Å². The molecule has 0 heterocycles. The van der Waals surface area contributed by atoms with Crippen molar-refractivity contribution in [2.24, 2.45) is 35.5 Å². The van der Waals surface area contributed by atoms with Crippen LogP contribution in [0.4, 0.5) is 4.39 Å². The van der Waals surface area contributed by atoms with E-state index in [4.69, 9.17) is 0 Å². The van der Waals surface area contributed by atoms with E-state index in [0.29, 0.717) is 5.92 Å². The van der Waals surface area contributed by atoms with Crippen LogP contribution in [-0.4, -0.2) is 0 Å². The Morgan fingerprint density at radius 2 is 1.31 bits per heavy atom. The van der Waals surface area contributed by atoms with E-state index in [-0.39, 0.29) is 5.82 Å². The molecule has 0 amide bonds. The van der Waals surface area contributed by atoms with Crippen LogP contribution in [0.3, 0.4) is 0 Å². The van der Waals surface area contributed by atoms with Crippen LogP contribution in [0.15, 0.2) is 24.3 Å². The first-order chi connectivity index (χ1) is 19.1. The molecule has 1 unspecified atom stereocenters. The number of allylic oxidation sites excluding steroid dienone is 2. The average Bonchev–Trinajstić information content (AvgIpc) is 3.00. The van der Waals surface area contributed by atoms with Crippen LogP contribution in [0.1, 0.15) is 166 Å². The van der Waals surface area contributed by atoms with Gasteiger partial charge < -0.3 is 0 Å². The lowest BCUT2D eigenvalue weighted by Crippen LogP contribution is -2.25. The van der Waals surface area contributed by atoms with Crippen molar-refractivity contribution < 1.29 is 4.39 Å². The summed E-state index contributed by atoms with van der Waals surface area (Å²) in [6, 6.07) is 6.34. The van der Waals surface area contributed by atoms with E-state index in [1.54, 1.807) is 0 Å². The van der Waals surface area contributed by atoms with E-state index in [1.807, 2.05) is 6.07 Å². The summed E-state index contributed by atoms with van der Waals surface area (Å²) in [7, 11) is 0. The molecule has 0 aromatic heterocycles. The van der Waals surface area contributed by atoms with Crippen LogP contribution in [0, 0.1) is 41.3 Å². The Bertz CT molecular complexity index is 889. The highest BCUT2D eigenvalue weighted by molar-refractivity contribution is 5.67. The normalized spacial score (nSPS) is 34.0. The monoisotopic (exact) mass is 534 g/mol. The predicted octanol–water partition coefficient (Wildman–Crippen LogP) is 12.3. The Morgan fingerprint density at radius 3 is 1.90 bits per heavy atom. The van der Waals surface area contributed by atoms with Gasteiger partial charge in [0.1, 0.15) is 5.82 Å². The zero-order valence-corrected chi connectivity index (χ0v) is 25.6. The van der Waals surface area contributed by atoms with Crippen LogP contribution < -0.4 is 0 Å². The number of rotatable bonds is 10. The van der Waals surface area contributed by atoms with Gasteiger partial charge >= 0.3 is 0 Å². The summed E-state index contributed by atoms with van der Waals surface area (Å²) in [6.07, 6.45) is 31.4. The summed E-state index contributed by atoms with van der Waals surface area (Å²) >= 11 is 0. The highest BCUT2D eigenvalue weighted by Crippen LogP contribution is 2.46. The molecule has 3 fully saturated rings. The molecule has 0 spiro atoms. The molecule has 0 N–H and O–H groups in total. The highest BCUT2D eigenvalue weighted by atomic mass is 19.1. The molecule has 1 aromatic rings. The van der Waals surface area contributed by atoms with Crippen molar-refractivity contribution in [3.63, 3.8) is 0 Å². The Hall–Kier alpha value is -1.11. The molecule has 0 aliphatic heterocycles. The summed E-state index contributed by atoms with van der Waals surface area (Å²) in [6.45, 7) is 4.67. The van der Waals surface area contributed by atoms with Gasteiger partial charge in [-0.3, -0.25) is 0 Å². The fourth-order valence-electron chi connectivity index (χ4n) is 9.37. The van der Waals surface area contributed by atoms with Crippen LogP contribution in [-0.2, 0) is 0 Å². The number of halogens is 1. The Morgan fingerprint density at radius 1 is 0.667 bits per heavy atom. The minimum atomic E-state index is 0.0417. The molecule has 4 aliphatic rings. The van der Waals surface area contributed by atoms with Gasteiger partial charge in [0.05, 0.1) is 0 Å². The van der Waals surface area contributed by atoms with Crippen molar-refractivity contribution in [1.82, 2.24) is 0 Å². The van der Waals surface area contributed by atoms with Gasteiger partial charge in [0.15, 0.2) is 0 Å². The number of hydrogen-bond donors (Lipinski definition) is 0. The molecule has 0 nitrogen and oxygen atoms in total. The molecule has 0 radical (unpaired) electrons. The molecule has 5 rings (SSSR count). The topological polar surface area (TPSA) is 0 Å². The fraction of sp³-hybridized carbons (Fsp3) is 0.789. The largest absolute Gasteiger partial charge is 0.206 e.